The molecule has 1 unspecified atom stereocenters. The minimum absolute atomic E-state index is 0. The lowest BCUT2D eigenvalue weighted by Gasteiger charge is -2.23. The van der Waals surface area contributed by atoms with Crippen LogP contribution in [-0.2, 0) is 4.79 Å². The van der Waals surface area contributed by atoms with Crippen LogP contribution in [0, 0.1) is 0 Å². The summed E-state index contributed by atoms with van der Waals surface area (Å²) < 4.78 is 0. The second-order valence-electron chi connectivity index (χ2n) is 6.91. The van der Waals surface area contributed by atoms with Crippen LogP contribution in [0.3, 0.4) is 0 Å². The van der Waals surface area contributed by atoms with Gasteiger partial charge in [0.15, 0.2) is 0 Å². The Hall–Kier alpha value is -1.59. The van der Waals surface area contributed by atoms with Gasteiger partial charge in [-0.1, -0.05) is 26.2 Å². The lowest BCUT2D eigenvalue weighted by Crippen LogP contribution is -2.48. The first-order valence-electron chi connectivity index (χ1n) is 8.94. The van der Waals surface area contributed by atoms with Crippen molar-refractivity contribution in [2.24, 2.45) is 5.73 Å². The molecule has 1 aromatic rings. The van der Waals surface area contributed by atoms with Gasteiger partial charge in [0.05, 0.1) is 5.54 Å². The molecule has 1 aromatic carbocycles. The molecule has 25 heavy (non-hydrogen) atoms. The average Bonchev–Trinajstić information content (AvgIpc) is 2.84. The van der Waals surface area contributed by atoms with Crippen molar-refractivity contribution in [3.63, 3.8) is 0 Å². The first kappa shape index (κ1) is 21.5. The van der Waals surface area contributed by atoms with Crippen molar-refractivity contribution >= 4 is 29.9 Å². The van der Waals surface area contributed by atoms with E-state index in [9.17, 15) is 9.59 Å². The molecule has 5 nitrogen and oxygen atoms in total. The molecule has 1 aliphatic heterocycles. The lowest BCUT2D eigenvalue weighted by molar-refractivity contribution is -0.120. The van der Waals surface area contributed by atoms with Gasteiger partial charge in [-0.15, -0.1) is 12.4 Å². The number of nitrogens with two attached hydrogens (primary N) is 1. The number of benzene rings is 1. The zero-order chi connectivity index (χ0) is 17.6. The second kappa shape index (κ2) is 9.78. The number of carbonyl (C=O) groups excluding carboxylic acids is 2. The maximum atomic E-state index is 12.5. The quantitative estimate of drug-likeness (QED) is 0.835. The van der Waals surface area contributed by atoms with E-state index >= 15 is 0 Å². The summed E-state index contributed by atoms with van der Waals surface area (Å²) in [5.74, 6) is -0.125. The molecule has 1 aliphatic rings. The fourth-order valence-electron chi connectivity index (χ4n) is 3.06. The first-order chi connectivity index (χ1) is 11.4. The third kappa shape index (κ3) is 6.01. The highest BCUT2D eigenvalue weighted by atomic mass is 35.5. The van der Waals surface area contributed by atoms with Crippen LogP contribution < -0.4 is 11.1 Å². The van der Waals surface area contributed by atoms with E-state index in [-0.39, 0.29) is 24.2 Å². The normalized spacial score (nSPS) is 17.0. The van der Waals surface area contributed by atoms with Crippen LogP contribution in [0.1, 0.15) is 62.7 Å². The van der Waals surface area contributed by atoms with Crippen LogP contribution in [0.15, 0.2) is 24.3 Å². The molecule has 0 radical (unpaired) electrons. The summed E-state index contributed by atoms with van der Waals surface area (Å²) >= 11 is 0. The van der Waals surface area contributed by atoms with Gasteiger partial charge < -0.3 is 16.0 Å². The smallest absolute Gasteiger partial charge is 0.253 e. The summed E-state index contributed by atoms with van der Waals surface area (Å²) in [6.07, 6.45) is 6.03. The molecule has 0 saturated carbocycles. The monoisotopic (exact) mass is 367 g/mol. The summed E-state index contributed by atoms with van der Waals surface area (Å²) in [5.41, 5.74) is 6.49. The number of hydrogen-bond donors (Lipinski definition) is 2. The molecule has 3 N–H and O–H groups in total. The van der Waals surface area contributed by atoms with E-state index in [4.69, 9.17) is 5.73 Å². The fourth-order valence-corrected chi connectivity index (χ4v) is 3.06. The maximum Gasteiger partial charge on any atom is 0.253 e. The van der Waals surface area contributed by atoms with Crippen molar-refractivity contribution in [1.29, 1.82) is 0 Å². The minimum Gasteiger partial charge on any atom is -0.339 e. The van der Waals surface area contributed by atoms with Gasteiger partial charge in [0.25, 0.3) is 5.91 Å². The van der Waals surface area contributed by atoms with E-state index in [0.29, 0.717) is 17.7 Å². The highest BCUT2D eigenvalue weighted by Gasteiger charge is 2.27. The number of amides is 2. The Balaban J connectivity index is 0.00000312. The summed E-state index contributed by atoms with van der Waals surface area (Å²) in [7, 11) is 0. The van der Waals surface area contributed by atoms with Crippen LogP contribution in [0.5, 0.6) is 0 Å². The van der Waals surface area contributed by atoms with Crippen molar-refractivity contribution in [2.75, 3.05) is 18.4 Å². The van der Waals surface area contributed by atoms with Crippen molar-refractivity contribution < 1.29 is 9.59 Å². The van der Waals surface area contributed by atoms with Crippen molar-refractivity contribution in [3.8, 4) is 0 Å². The van der Waals surface area contributed by atoms with Gasteiger partial charge in [-0.25, -0.2) is 0 Å². The third-order valence-corrected chi connectivity index (χ3v) is 4.57. The van der Waals surface area contributed by atoms with Gasteiger partial charge in [0, 0.05) is 24.3 Å². The topological polar surface area (TPSA) is 75.4 Å². The number of halogens is 1. The van der Waals surface area contributed by atoms with Crippen molar-refractivity contribution in [1.82, 2.24) is 4.90 Å². The number of nitrogens with one attached hydrogen (secondary N) is 1. The highest BCUT2D eigenvalue weighted by Crippen LogP contribution is 2.17. The van der Waals surface area contributed by atoms with Gasteiger partial charge >= 0.3 is 0 Å². The first-order valence-corrected chi connectivity index (χ1v) is 8.94. The van der Waals surface area contributed by atoms with E-state index in [0.717, 1.165) is 32.4 Å². The molecular weight excluding hydrogens is 338 g/mol. The van der Waals surface area contributed by atoms with E-state index in [1.807, 2.05) is 11.8 Å². The molecule has 0 aliphatic carbocycles. The predicted molar refractivity (Wildman–Crippen MR) is 104 cm³/mol. The van der Waals surface area contributed by atoms with E-state index in [1.165, 1.54) is 12.8 Å². The number of rotatable bonds is 5. The van der Waals surface area contributed by atoms with Crippen molar-refractivity contribution in [2.45, 2.75) is 57.9 Å². The molecule has 1 atom stereocenters. The van der Waals surface area contributed by atoms with Crippen LogP contribution in [0.4, 0.5) is 5.69 Å². The Morgan fingerprint density at radius 2 is 1.68 bits per heavy atom. The Morgan fingerprint density at radius 1 is 1.12 bits per heavy atom. The number of hydrogen-bond acceptors (Lipinski definition) is 3. The lowest BCUT2D eigenvalue weighted by atomic mass is 9.96. The number of anilines is 1. The molecule has 0 spiro atoms. The van der Waals surface area contributed by atoms with Gasteiger partial charge in [-0.3, -0.25) is 9.59 Å². The van der Waals surface area contributed by atoms with Crippen molar-refractivity contribution in [3.05, 3.63) is 29.8 Å². The predicted octanol–water partition coefficient (Wildman–Crippen LogP) is 3.58. The Labute approximate surface area is 156 Å². The van der Waals surface area contributed by atoms with Gasteiger partial charge in [0.1, 0.15) is 0 Å². The SMILES string of the molecule is CCCC(C)(N)C(=O)Nc1ccc(C(=O)N2CCCCCC2)cc1.Cl. The minimum atomic E-state index is -0.880. The Kier molecular flexibility index (Phi) is 8.39. The molecule has 0 bridgehead atoms. The number of likely N-dealkylation sites (tertiary alicyclic amines) is 1. The Morgan fingerprint density at radius 3 is 2.20 bits per heavy atom. The third-order valence-electron chi connectivity index (χ3n) is 4.57. The molecule has 1 saturated heterocycles. The summed E-state index contributed by atoms with van der Waals surface area (Å²) in [6, 6.07) is 7.09. The zero-order valence-corrected chi connectivity index (χ0v) is 16.0. The molecule has 140 valence electrons. The van der Waals surface area contributed by atoms with Gasteiger partial charge in [0.2, 0.25) is 5.91 Å². The van der Waals surface area contributed by atoms with Crippen LogP contribution >= 0.6 is 12.4 Å². The van der Waals surface area contributed by atoms with Gasteiger partial charge in [-0.2, -0.15) is 0 Å². The molecular formula is C19H30ClN3O2. The molecule has 1 fully saturated rings. The van der Waals surface area contributed by atoms with Crippen LogP contribution in [-0.4, -0.2) is 35.3 Å². The number of carbonyl (C=O) groups is 2. The fraction of sp³-hybridized carbons (Fsp3) is 0.579. The largest absolute Gasteiger partial charge is 0.339 e. The summed E-state index contributed by atoms with van der Waals surface area (Å²) in [4.78, 5) is 26.7. The molecule has 1 heterocycles. The second-order valence-corrected chi connectivity index (χ2v) is 6.91. The number of nitrogens with zero attached hydrogens (tertiary/aromatic N) is 1. The molecule has 0 aromatic heterocycles. The molecule has 2 amide bonds. The standard InChI is InChI=1S/C19H29N3O2.ClH/c1-3-12-19(2,20)18(24)21-16-10-8-15(9-11-16)17(23)22-13-6-4-5-7-14-22;/h8-11H,3-7,12-14,20H2,1-2H3,(H,21,24);1H. The highest BCUT2D eigenvalue weighted by molar-refractivity contribution is 5.98. The van der Waals surface area contributed by atoms with Gasteiger partial charge in [-0.05, 0) is 50.5 Å². The molecule has 2 rings (SSSR count). The summed E-state index contributed by atoms with van der Waals surface area (Å²) in [5, 5.41) is 2.83. The maximum absolute atomic E-state index is 12.5. The average molecular weight is 368 g/mol. The van der Waals surface area contributed by atoms with E-state index in [1.54, 1.807) is 31.2 Å². The molecule has 6 heteroatoms. The van der Waals surface area contributed by atoms with E-state index in [2.05, 4.69) is 5.32 Å². The van der Waals surface area contributed by atoms with E-state index < -0.39 is 5.54 Å². The Bertz CT molecular complexity index is 565. The zero-order valence-electron chi connectivity index (χ0n) is 15.2. The summed E-state index contributed by atoms with van der Waals surface area (Å²) in [6.45, 7) is 5.41. The van der Waals surface area contributed by atoms with Crippen LogP contribution in [0.25, 0.3) is 0 Å². The van der Waals surface area contributed by atoms with Crippen LogP contribution in [0.2, 0.25) is 0 Å².